The van der Waals surface area contributed by atoms with Crippen LogP contribution in [0.1, 0.15) is 36.0 Å². The number of esters is 1. The van der Waals surface area contributed by atoms with Gasteiger partial charge < -0.3 is 9.72 Å². The fraction of sp³-hybridized carbons (Fsp3) is 0.286. The average molecular weight is 406 g/mol. The minimum absolute atomic E-state index is 0.0616. The highest BCUT2D eigenvalue weighted by Crippen LogP contribution is 2.37. The van der Waals surface area contributed by atoms with Gasteiger partial charge in [0.2, 0.25) is 0 Å². The third kappa shape index (κ3) is 4.30. The Kier molecular flexibility index (Phi) is 6.45. The molecule has 1 heterocycles. The molecule has 2 aromatic carbocycles. The summed E-state index contributed by atoms with van der Waals surface area (Å²) >= 11 is 7.65. The highest BCUT2D eigenvalue weighted by molar-refractivity contribution is 7.97. The first kappa shape index (κ1) is 19.8. The number of carbonyl (C=O) groups excluding carboxylic acids is 1. The number of benzene rings is 2. The van der Waals surface area contributed by atoms with E-state index < -0.39 is 11.7 Å². The summed E-state index contributed by atoms with van der Waals surface area (Å²) < 4.78 is 19.8. The Hall–Kier alpha value is -1.98. The zero-order chi connectivity index (χ0) is 19.4. The van der Waals surface area contributed by atoms with Crippen LogP contribution in [0, 0.1) is 5.82 Å². The second kappa shape index (κ2) is 8.81. The Morgan fingerprint density at radius 3 is 2.81 bits per heavy atom. The SMILES string of the molecule is CCOC(=O)CC(c1ccc(Cl)cc1F)c1c[nH]c2c(CSC)cccc12. The van der Waals surface area contributed by atoms with Crippen LogP contribution >= 0.6 is 23.4 Å². The number of nitrogens with one attached hydrogen (secondary N) is 1. The molecule has 0 aliphatic rings. The van der Waals surface area contributed by atoms with E-state index in [9.17, 15) is 9.18 Å². The quantitative estimate of drug-likeness (QED) is 0.497. The molecule has 0 aliphatic heterocycles. The highest BCUT2D eigenvalue weighted by Gasteiger charge is 2.25. The molecule has 142 valence electrons. The summed E-state index contributed by atoms with van der Waals surface area (Å²) in [6, 6.07) is 10.6. The number of hydrogen-bond acceptors (Lipinski definition) is 3. The normalized spacial score (nSPS) is 12.3. The lowest BCUT2D eigenvalue weighted by molar-refractivity contribution is -0.143. The van der Waals surface area contributed by atoms with Crippen molar-refractivity contribution in [1.29, 1.82) is 0 Å². The van der Waals surface area contributed by atoms with Crippen molar-refractivity contribution in [3.05, 3.63) is 70.1 Å². The first-order valence-corrected chi connectivity index (χ1v) is 10.5. The number of para-hydroxylation sites is 1. The third-order valence-corrected chi connectivity index (χ3v) is 5.36. The smallest absolute Gasteiger partial charge is 0.306 e. The molecule has 0 fully saturated rings. The van der Waals surface area contributed by atoms with Crippen LogP contribution in [-0.2, 0) is 15.3 Å². The zero-order valence-corrected chi connectivity index (χ0v) is 16.8. The van der Waals surface area contributed by atoms with Gasteiger partial charge in [0.25, 0.3) is 0 Å². The van der Waals surface area contributed by atoms with Gasteiger partial charge in [-0.25, -0.2) is 4.39 Å². The second-order valence-electron chi connectivity index (χ2n) is 6.24. The van der Waals surface area contributed by atoms with Gasteiger partial charge in [0, 0.05) is 33.8 Å². The summed E-state index contributed by atoms with van der Waals surface area (Å²) in [7, 11) is 0. The number of fused-ring (bicyclic) bond motifs is 1. The first-order valence-electron chi connectivity index (χ1n) is 8.73. The number of carbonyl (C=O) groups is 1. The van der Waals surface area contributed by atoms with Crippen molar-refractivity contribution in [3.8, 4) is 0 Å². The molecule has 0 spiro atoms. The largest absolute Gasteiger partial charge is 0.466 e. The molecular formula is C21H21ClFNO2S. The molecule has 3 aromatic rings. The summed E-state index contributed by atoms with van der Waals surface area (Å²) in [4.78, 5) is 15.5. The van der Waals surface area contributed by atoms with Gasteiger partial charge in [-0.2, -0.15) is 11.8 Å². The molecule has 0 amide bonds. The van der Waals surface area contributed by atoms with Gasteiger partial charge in [0.1, 0.15) is 5.82 Å². The minimum atomic E-state index is -0.459. The van der Waals surface area contributed by atoms with Crippen LogP contribution in [0.25, 0.3) is 10.9 Å². The standard InChI is InChI=1S/C21H21ClFNO2S/c1-3-26-20(25)10-17(15-8-7-14(22)9-19(15)23)18-11-24-21-13(12-27-2)5-4-6-16(18)21/h4-9,11,17,24H,3,10,12H2,1-2H3. The summed E-state index contributed by atoms with van der Waals surface area (Å²) in [5.74, 6) is -0.368. The molecule has 3 rings (SSSR count). The molecule has 6 heteroatoms. The van der Waals surface area contributed by atoms with Crippen LogP contribution in [0.15, 0.2) is 42.6 Å². The van der Waals surface area contributed by atoms with E-state index in [0.717, 1.165) is 22.2 Å². The van der Waals surface area contributed by atoms with E-state index in [-0.39, 0.29) is 12.4 Å². The topological polar surface area (TPSA) is 42.1 Å². The Morgan fingerprint density at radius 1 is 1.30 bits per heavy atom. The number of halogens is 2. The Bertz CT molecular complexity index is 957. The number of aromatic nitrogens is 1. The fourth-order valence-corrected chi connectivity index (χ4v) is 4.07. The van der Waals surface area contributed by atoms with Crippen molar-refractivity contribution in [2.45, 2.75) is 25.0 Å². The molecule has 1 atom stereocenters. The molecule has 0 radical (unpaired) electrons. The van der Waals surface area contributed by atoms with Gasteiger partial charge in [0.15, 0.2) is 0 Å². The molecule has 0 aliphatic carbocycles. The molecule has 1 aromatic heterocycles. The number of rotatable bonds is 7. The van der Waals surface area contributed by atoms with Gasteiger partial charge in [-0.3, -0.25) is 4.79 Å². The van der Waals surface area contributed by atoms with Crippen LogP contribution in [0.4, 0.5) is 4.39 Å². The van der Waals surface area contributed by atoms with E-state index >= 15 is 0 Å². The summed E-state index contributed by atoms with van der Waals surface area (Å²) in [5.41, 5.74) is 3.51. The molecule has 1 unspecified atom stereocenters. The Balaban J connectivity index is 2.11. The van der Waals surface area contributed by atoms with Gasteiger partial charge >= 0.3 is 5.97 Å². The maximum Gasteiger partial charge on any atom is 0.306 e. The summed E-state index contributed by atoms with van der Waals surface area (Å²) in [5, 5.41) is 1.32. The van der Waals surface area contributed by atoms with Crippen LogP contribution in [0.3, 0.4) is 0 Å². The number of ether oxygens (including phenoxy) is 1. The van der Waals surface area contributed by atoms with Crippen molar-refractivity contribution in [1.82, 2.24) is 4.98 Å². The van der Waals surface area contributed by atoms with Crippen molar-refractivity contribution >= 4 is 40.2 Å². The summed E-state index contributed by atoms with van der Waals surface area (Å²) in [6.07, 6.45) is 3.98. The van der Waals surface area contributed by atoms with Crippen molar-refractivity contribution < 1.29 is 13.9 Å². The van der Waals surface area contributed by atoms with E-state index in [4.69, 9.17) is 16.3 Å². The average Bonchev–Trinajstić information content (AvgIpc) is 3.06. The lowest BCUT2D eigenvalue weighted by Crippen LogP contribution is -2.12. The molecule has 1 N–H and O–H groups in total. The Labute approximate surface area is 167 Å². The maximum atomic E-state index is 14.7. The number of H-pyrrole nitrogens is 1. The lowest BCUT2D eigenvalue weighted by atomic mass is 9.87. The molecule has 3 nitrogen and oxygen atoms in total. The van der Waals surface area contributed by atoms with Crippen LogP contribution in [-0.4, -0.2) is 23.8 Å². The van der Waals surface area contributed by atoms with Gasteiger partial charge in [-0.1, -0.05) is 35.9 Å². The summed E-state index contributed by atoms with van der Waals surface area (Å²) in [6.45, 7) is 2.05. The molecule has 0 saturated heterocycles. The number of hydrogen-bond donors (Lipinski definition) is 1. The number of thioether (sulfide) groups is 1. The van der Waals surface area contributed by atoms with Gasteiger partial charge in [0.05, 0.1) is 13.0 Å². The zero-order valence-electron chi connectivity index (χ0n) is 15.2. The van der Waals surface area contributed by atoms with Crippen LogP contribution in [0.5, 0.6) is 0 Å². The highest BCUT2D eigenvalue weighted by atomic mass is 35.5. The van der Waals surface area contributed by atoms with Crippen molar-refractivity contribution in [3.63, 3.8) is 0 Å². The van der Waals surface area contributed by atoms with Crippen LogP contribution in [0.2, 0.25) is 5.02 Å². The van der Waals surface area contributed by atoms with Gasteiger partial charge in [-0.15, -0.1) is 0 Å². The van der Waals surface area contributed by atoms with E-state index in [1.807, 2.05) is 18.3 Å². The fourth-order valence-electron chi connectivity index (χ4n) is 3.36. The van der Waals surface area contributed by atoms with Gasteiger partial charge in [-0.05, 0) is 42.0 Å². The van der Waals surface area contributed by atoms with Crippen molar-refractivity contribution in [2.24, 2.45) is 0 Å². The lowest BCUT2D eigenvalue weighted by Gasteiger charge is -2.17. The second-order valence-corrected chi connectivity index (χ2v) is 7.55. The predicted octanol–water partition coefficient (Wildman–Crippen LogP) is 5.91. The Morgan fingerprint density at radius 2 is 2.11 bits per heavy atom. The van der Waals surface area contributed by atoms with Crippen LogP contribution < -0.4 is 0 Å². The van der Waals surface area contributed by atoms with E-state index in [1.54, 1.807) is 30.8 Å². The van der Waals surface area contributed by atoms with E-state index in [0.29, 0.717) is 17.2 Å². The van der Waals surface area contributed by atoms with Crippen molar-refractivity contribution in [2.75, 3.05) is 12.9 Å². The maximum absolute atomic E-state index is 14.7. The van der Waals surface area contributed by atoms with E-state index in [1.165, 1.54) is 11.6 Å². The van der Waals surface area contributed by atoms with E-state index in [2.05, 4.69) is 17.3 Å². The predicted molar refractivity (Wildman–Crippen MR) is 110 cm³/mol. The first-order chi connectivity index (χ1) is 13.0. The monoisotopic (exact) mass is 405 g/mol. The molecule has 27 heavy (non-hydrogen) atoms. The third-order valence-electron chi connectivity index (χ3n) is 4.52. The molecule has 0 bridgehead atoms. The number of aromatic amines is 1. The minimum Gasteiger partial charge on any atom is -0.466 e. The molecular weight excluding hydrogens is 385 g/mol. The molecule has 0 saturated carbocycles.